The number of likely N-dealkylation sites (N-methyl/N-ethyl adjacent to an activating group) is 1. The topological polar surface area (TPSA) is 29.3 Å². The van der Waals surface area contributed by atoms with Crippen molar-refractivity contribution in [2.45, 2.75) is 58.0 Å². The number of benzene rings is 1. The summed E-state index contributed by atoms with van der Waals surface area (Å²) in [5.74, 6) is 0.571. The molecule has 0 bridgehead atoms. The summed E-state index contributed by atoms with van der Waals surface area (Å²) in [5, 5.41) is 0. The van der Waals surface area contributed by atoms with Gasteiger partial charge in [0.25, 0.3) is 0 Å². The second-order valence-corrected chi connectivity index (χ2v) is 6.00. The van der Waals surface area contributed by atoms with E-state index in [2.05, 4.69) is 71.0 Å². The van der Waals surface area contributed by atoms with Crippen molar-refractivity contribution in [1.82, 2.24) is 4.90 Å². The van der Waals surface area contributed by atoms with Gasteiger partial charge in [0, 0.05) is 11.6 Å². The van der Waals surface area contributed by atoms with Crippen LogP contribution in [-0.4, -0.2) is 24.5 Å². The standard InChI is InChI=1S/C17H30N2/c1-7-17(8-2,19(5)6)16(18)15-11-9-14(10-12-15)13(3)4/h9-13,16H,7-8,18H2,1-6H3. The number of hydrogen-bond acceptors (Lipinski definition) is 2. The molecule has 19 heavy (non-hydrogen) atoms. The first-order chi connectivity index (χ1) is 8.89. The third-order valence-corrected chi connectivity index (χ3v) is 4.66. The second-order valence-electron chi connectivity index (χ2n) is 6.00. The number of hydrogen-bond donors (Lipinski definition) is 1. The minimum Gasteiger partial charge on any atom is -0.322 e. The molecule has 0 aliphatic heterocycles. The molecule has 108 valence electrons. The molecule has 0 aliphatic rings. The minimum absolute atomic E-state index is 0.0410. The van der Waals surface area contributed by atoms with Gasteiger partial charge in [-0.1, -0.05) is 52.0 Å². The average Bonchev–Trinajstić information content (AvgIpc) is 2.40. The van der Waals surface area contributed by atoms with Crippen molar-refractivity contribution in [2.24, 2.45) is 5.73 Å². The Hall–Kier alpha value is -0.860. The fourth-order valence-corrected chi connectivity index (χ4v) is 3.00. The highest BCUT2D eigenvalue weighted by atomic mass is 15.2. The molecule has 2 N–H and O–H groups in total. The van der Waals surface area contributed by atoms with Gasteiger partial charge < -0.3 is 10.6 Å². The maximum absolute atomic E-state index is 6.58. The van der Waals surface area contributed by atoms with Crippen molar-refractivity contribution in [3.8, 4) is 0 Å². The highest BCUT2D eigenvalue weighted by Gasteiger charge is 2.36. The Labute approximate surface area is 119 Å². The molecular weight excluding hydrogens is 232 g/mol. The van der Waals surface area contributed by atoms with E-state index in [0.29, 0.717) is 5.92 Å². The average molecular weight is 262 g/mol. The Morgan fingerprint density at radius 2 is 1.42 bits per heavy atom. The van der Waals surface area contributed by atoms with E-state index in [1.807, 2.05) is 0 Å². The van der Waals surface area contributed by atoms with Crippen LogP contribution < -0.4 is 5.73 Å². The van der Waals surface area contributed by atoms with Gasteiger partial charge in [0.05, 0.1) is 0 Å². The van der Waals surface area contributed by atoms with Gasteiger partial charge >= 0.3 is 0 Å². The van der Waals surface area contributed by atoms with Crippen LogP contribution in [0.15, 0.2) is 24.3 Å². The lowest BCUT2D eigenvalue weighted by Gasteiger charge is -2.43. The first-order valence-corrected chi connectivity index (χ1v) is 7.41. The summed E-state index contributed by atoms with van der Waals surface area (Å²) in [4.78, 5) is 2.29. The summed E-state index contributed by atoms with van der Waals surface area (Å²) in [6.45, 7) is 8.89. The van der Waals surface area contributed by atoms with Crippen LogP contribution in [0.4, 0.5) is 0 Å². The summed E-state index contributed by atoms with van der Waals surface area (Å²) in [7, 11) is 4.27. The SMILES string of the molecule is CCC(CC)(C(N)c1ccc(C(C)C)cc1)N(C)C. The Morgan fingerprint density at radius 1 is 1.00 bits per heavy atom. The lowest BCUT2D eigenvalue weighted by molar-refractivity contribution is 0.106. The predicted octanol–water partition coefficient (Wildman–Crippen LogP) is 3.93. The first-order valence-electron chi connectivity index (χ1n) is 7.41. The first kappa shape index (κ1) is 16.2. The molecule has 2 heteroatoms. The minimum atomic E-state index is 0.0410. The fraction of sp³-hybridized carbons (Fsp3) is 0.647. The molecule has 0 aromatic heterocycles. The third kappa shape index (κ3) is 3.18. The molecular formula is C17H30N2. The summed E-state index contributed by atoms with van der Waals surface area (Å²) < 4.78 is 0. The molecule has 0 saturated heterocycles. The van der Waals surface area contributed by atoms with Crippen molar-refractivity contribution in [1.29, 1.82) is 0 Å². The molecule has 0 radical (unpaired) electrons. The zero-order valence-corrected chi connectivity index (χ0v) is 13.4. The highest BCUT2D eigenvalue weighted by molar-refractivity contribution is 5.29. The molecule has 1 aromatic carbocycles. The molecule has 1 rings (SSSR count). The summed E-state index contributed by atoms with van der Waals surface area (Å²) in [6.07, 6.45) is 2.12. The lowest BCUT2D eigenvalue weighted by atomic mass is 9.80. The van der Waals surface area contributed by atoms with Gasteiger partial charge in [0.15, 0.2) is 0 Å². The van der Waals surface area contributed by atoms with E-state index in [4.69, 9.17) is 5.73 Å². The molecule has 0 saturated carbocycles. The van der Waals surface area contributed by atoms with Crippen LogP contribution in [0.2, 0.25) is 0 Å². The predicted molar refractivity (Wildman–Crippen MR) is 84.5 cm³/mol. The van der Waals surface area contributed by atoms with E-state index in [-0.39, 0.29) is 11.6 Å². The van der Waals surface area contributed by atoms with Crippen LogP contribution in [0.3, 0.4) is 0 Å². The normalized spacial score (nSPS) is 14.2. The van der Waals surface area contributed by atoms with Crippen molar-refractivity contribution in [3.05, 3.63) is 35.4 Å². The maximum atomic E-state index is 6.58. The molecule has 0 fully saturated rings. The smallest absolute Gasteiger partial charge is 0.0481 e. The summed E-state index contributed by atoms with van der Waals surface area (Å²) in [5.41, 5.74) is 9.23. The Balaban J connectivity index is 3.06. The van der Waals surface area contributed by atoms with Crippen LogP contribution in [0, 0.1) is 0 Å². The van der Waals surface area contributed by atoms with Crippen molar-refractivity contribution in [2.75, 3.05) is 14.1 Å². The molecule has 2 nitrogen and oxygen atoms in total. The maximum Gasteiger partial charge on any atom is 0.0481 e. The van der Waals surface area contributed by atoms with Crippen LogP contribution in [0.1, 0.15) is 63.6 Å². The molecule has 0 amide bonds. The van der Waals surface area contributed by atoms with Crippen LogP contribution in [0.5, 0.6) is 0 Å². The van der Waals surface area contributed by atoms with E-state index >= 15 is 0 Å². The number of nitrogens with two attached hydrogens (primary N) is 1. The highest BCUT2D eigenvalue weighted by Crippen LogP contribution is 2.34. The van der Waals surface area contributed by atoms with E-state index in [9.17, 15) is 0 Å². The van der Waals surface area contributed by atoms with E-state index < -0.39 is 0 Å². The fourth-order valence-electron chi connectivity index (χ4n) is 3.00. The lowest BCUT2D eigenvalue weighted by Crippen LogP contribution is -2.51. The number of rotatable bonds is 6. The monoisotopic (exact) mass is 262 g/mol. The van der Waals surface area contributed by atoms with Gasteiger partial charge in [-0.2, -0.15) is 0 Å². The van der Waals surface area contributed by atoms with Crippen LogP contribution >= 0.6 is 0 Å². The van der Waals surface area contributed by atoms with Crippen LogP contribution in [-0.2, 0) is 0 Å². The van der Waals surface area contributed by atoms with Crippen LogP contribution in [0.25, 0.3) is 0 Å². The van der Waals surface area contributed by atoms with Gasteiger partial charge in [0.2, 0.25) is 0 Å². The van der Waals surface area contributed by atoms with Gasteiger partial charge in [-0.05, 0) is 44.0 Å². The summed E-state index contributed by atoms with van der Waals surface area (Å²) in [6, 6.07) is 8.88. The van der Waals surface area contributed by atoms with Crippen molar-refractivity contribution >= 4 is 0 Å². The molecule has 0 aliphatic carbocycles. The third-order valence-electron chi connectivity index (χ3n) is 4.66. The van der Waals surface area contributed by atoms with E-state index in [1.165, 1.54) is 11.1 Å². The Kier molecular flexibility index (Phi) is 5.57. The van der Waals surface area contributed by atoms with Crippen molar-refractivity contribution in [3.63, 3.8) is 0 Å². The molecule has 1 atom stereocenters. The quantitative estimate of drug-likeness (QED) is 0.841. The Morgan fingerprint density at radius 3 is 1.74 bits per heavy atom. The molecule has 1 aromatic rings. The largest absolute Gasteiger partial charge is 0.322 e. The van der Waals surface area contributed by atoms with Gasteiger partial charge in [0.1, 0.15) is 0 Å². The second kappa shape index (κ2) is 6.53. The van der Waals surface area contributed by atoms with Gasteiger partial charge in [-0.25, -0.2) is 0 Å². The van der Waals surface area contributed by atoms with E-state index in [1.54, 1.807) is 0 Å². The van der Waals surface area contributed by atoms with Gasteiger partial charge in [-0.3, -0.25) is 0 Å². The molecule has 0 spiro atoms. The summed E-state index contributed by atoms with van der Waals surface area (Å²) >= 11 is 0. The van der Waals surface area contributed by atoms with Gasteiger partial charge in [-0.15, -0.1) is 0 Å². The van der Waals surface area contributed by atoms with Crippen molar-refractivity contribution < 1.29 is 0 Å². The molecule has 0 heterocycles. The zero-order chi connectivity index (χ0) is 14.6. The Bertz CT molecular complexity index is 375. The zero-order valence-electron chi connectivity index (χ0n) is 13.4. The van der Waals surface area contributed by atoms with E-state index in [0.717, 1.165) is 12.8 Å². The number of nitrogens with zero attached hydrogens (tertiary/aromatic N) is 1. The molecule has 1 unspecified atom stereocenters.